The number of nitrogens with one attached hydrogen (secondary N) is 3. The van der Waals surface area contributed by atoms with Crippen molar-refractivity contribution in [1.82, 2.24) is 14.9 Å². The number of imide groups is 1. The second-order valence-electron chi connectivity index (χ2n) is 6.76. The molecule has 156 valence electrons. The lowest BCUT2D eigenvalue weighted by atomic mass is 10.1. The summed E-state index contributed by atoms with van der Waals surface area (Å²) in [4.78, 5) is 23.9. The molecule has 0 aliphatic carbocycles. The van der Waals surface area contributed by atoms with Crippen molar-refractivity contribution in [3.63, 3.8) is 0 Å². The Morgan fingerprint density at radius 3 is 2.64 bits per heavy atom. The number of rotatable bonds is 11. The highest BCUT2D eigenvalue weighted by atomic mass is 32.2. The van der Waals surface area contributed by atoms with Crippen molar-refractivity contribution < 1.29 is 22.4 Å². The normalized spacial score (nSPS) is 15.6. The topological polar surface area (TPSA) is 108 Å². The van der Waals surface area contributed by atoms with Crippen molar-refractivity contribution in [2.45, 2.75) is 39.2 Å². The monoisotopic (exact) mass is 414 g/mol. The van der Waals surface area contributed by atoms with Crippen LogP contribution in [-0.2, 0) is 14.8 Å². The molecule has 1 atom stereocenters. The summed E-state index contributed by atoms with van der Waals surface area (Å²) in [5.74, 6) is -0.734. The molecule has 0 spiro atoms. The predicted molar refractivity (Wildman–Crippen MR) is 105 cm³/mol. The van der Waals surface area contributed by atoms with E-state index in [1.165, 1.54) is 11.0 Å². The van der Waals surface area contributed by atoms with Crippen molar-refractivity contribution in [3.05, 3.63) is 29.6 Å². The molecule has 3 amide bonds. The van der Waals surface area contributed by atoms with Gasteiger partial charge >= 0.3 is 6.03 Å². The fraction of sp³-hybridized carbons (Fsp3) is 0.556. The highest BCUT2D eigenvalue weighted by molar-refractivity contribution is 7.89. The molecule has 1 fully saturated rings. The average molecular weight is 415 g/mol. The van der Waals surface area contributed by atoms with Crippen molar-refractivity contribution in [1.29, 1.82) is 0 Å². The molecule has 1 aromatic rings. The number of amides is 3. The van der Waals surface area contributed by atoms with E-state index in [0.717, 1.165) is 0 Å². The van der Waals surface area contributed by atoms with Gasteiger partial charge in [-0.1, -0.05) is 12.5 Å². The van der Waals surface area contributed by atoms with Crippen LogP contribution >= 0.6 is 0 Å². The summed E-state index contributed by atoms with van der Waals surface area (Å²) in [6.07, 6.45) is 1.68. The molecule has 0 aromatic heterocycles. The number of urea groups is 1. The van der Waals surface area contributed by atoms with E-state index < -0.39 is 22.1 Å². The third-order valence-corrected chi connectivity index (χ3v) is 5.96. The largest absolute Gasteiger partial charge is 0.383 e. The summed E-state index contributed by atoms with van der Waals surface area (Å²) in [7, 11) is -3.49. The molecule has 1 aliphatic rings. The minimum absolute atomic E-state index is 0.0380. The first-order chi connectivity index (χ1) is 13.2. The summed E-state index contributed by atoms with van der Waals surface area (Å²) >= 11 is 0. The first kappa shape index (κ1) is 22.1. The Morgan fingerprint density at radius 2 is 2.00 bits per heavy atom. The maximum atomic E-state index is 13.7. The van der Waals surface area contributed by atoms with Crippen LogP contribution in [-0.4, -0.2) is 50.6 Å². The number of carbonyl (C=O) groups excluding carboxylic acids is 2. The van der Waals surface area contributed by atoms with Crippen molar-refractivity contribution in [2.24, 2.45) is 0 Å². The third-order valence-electron chi connectivity index (χ3n) is 4.42. The van der Waals surface area contributed by atoms with E-state index in [1.54, 1.807) is 19.1 Å². The van der Waals surface area contributed by atoms with Gasteiger partial charge in [-0.15, -0.1) is 0 Å². The molecule has 8 nitrogen and oxygen atoms in total. The summed E-state index contributed by atoms with van der Waals surface area (Å²) in [5.41, 5.74) is 1.01. The standard InChI is InChI=1S/C18H27FN4O4S/c1-3-20-16-11-14(7-8-15(16)19)13(2)22-28(26,27)10-6-4-5-9-23-12-17(24)21-18(23)25/h7-8,11,13,20,22H,3-6,9-10,12H2,1-2H3,(H,21,24,25)/t13-/m1/s1. The van der Waals surface area contributed by atoms with Gasteiger partial charge in [-0.25, -0.2) is 22.3 Å². The van der Waals surface area contributed by atoms with E-state index in [-0.39, 0.29) is 24.0 Å². The van der Waals surface area contributed by atoms with Gasteiger partial charge in [0.2, 0.25) is 15.9 Å². The van der Waals surface area contributed by atoms with Gasteiger partial charge in [0.05, 0.1) is 11.4 Å². The van der Waals surface area contributed by atoms with Crippen LogP contribution < -0.4 is 15.4 Å². The van der Waals surface area contributed by atoms with Gasteiger partial charge in [-0.2, -0.15) is 0 Å². The van der Waals surface area contributed by atoms with Gasteiger partial charge in [0.15, 0.2) is 0 Å². The number of sulfonamides is 1. The molecule has 1 aliphatic heterocycles. The lowest BCUT2D eigenvalue weighted by Crippen LogP contribution is -2.30. The molecule has 2 rings (SSSR count). The van der Waals surface area contributed by atoms with E-state index >= 15 is 0 Å². The van der Waals surface area contributed by atoms with Crippen molar-refractivity contribution in [3.8, 4) is 0 Å². The van der Waals surface area contributed by atoms with Crippen LogP contribution in [0, 0.1) is 5.82 Å². The summed E-state index contributed by atoms with van der Waals surface area (Å²) < 4.78 is 40.9. The van der Waals surface area contributed by atoms with Gasteiger partial charge in [-0.05, 0) is 44.4 Å². The van der Waals surface area contributed by atoms with Crippen molar-refractivity contribution in [2.75, 3.05) is 30.7 Å². The fourth-order valence-corrected chi connectivity index (χ4v) is 4.35. The number of unbranched alkanes of at least 4 members (excludes halogenated alkanes) is 2. The van der Waals surface area contributed by atoms with Crippen LogP contribution in [0.25, 0.3) is 0 Å². The van der Waals surface area contributed by atoms with Gasteiger partial charge in [-0.3, -0.25) is 10.1 Å². The van der Waals surface area contributed by atoms with E-state index in [9.17, 15) is 22.4 Å². The maximum Gasteiger partial charge on any atom is 0.324 e. The summed E-state index contributed by atoms with van der Waals surface area (Å²) in [6, 6.07) is 3.60. The summed E-state index contributed by atoms with van der Waals surface area (Å²) in [5, 5.41) is 5.10. The number of halogens is 1. The zero-order valence-electron chi connectivity index (χ0n) is 16.1. The molecule has 1 aromatic carbocycles. The maximum absolute atomic E-state index is 13.7. The number of anilines is 1. The van der Waals surface area contributed by atoms with Crippen LogP contribution in [0.15, 0.2) is 18.2 Å². The lowest BCUT2D eigenvalue weighted by molar-refractivity contribution is -0.118. The predicted octanol–water partition coefficient (Wildman–Crippen LogP) is 1.96. The Balaban J connectivity index is 1.77. The number of hydrogen-bond donors (Lipinski definition) is 3. The molecule has 1 saturated heterocycles. The first-order valence-corrected chi connectivity index (χ1v) is 11.0. The Bertz CT molecular complexity index is 816. The van der Waals surface area contributed by atoms with Crippen LogP contribution in [0.4, 0.5) is 14.9 Å². The van der Waals surface area contributed by atoms with E-state index in [2.05, 4.69) is 15.4 Å². The molecule has 10 heteroatoms. The number of benzene rings is 1. The van der Waals surface area contributed by atoms with Crippen LogP contribution in [0.2, 0.25) is 0 Å². The molecule has 0 saturated carbocycles. The molecule has 3 N–H and O–H groups in total. The fourth-order valence-electron chi connectivity index (χ4n) is 2.97. The zero-order chi connectivity index (χ0) is 20.7. The Kier molecular flexibility index (Phi) is 7.76. The van der Waals surface area contributed by atoms with Gasteiger partial charge in [0, 0.05) is 19.1 Å². The quantitative estimate of drug-likeness (QED) is 0.379. The highest BCUT2D eigenvalue weighted by Gasteiger charge is 2.25. The molecular formula is C18H27FN4O4S. The Morgan fingerprint density at radius 1 is 1.25 bits per heavy atom. The molecule has 0 radical (unpaired) electrons. The van der Waals surface area contributed by atoms with Crippen LogP contribution in [0.3, 0.4) is 0 Å². The van der Waals surface area contributed by atoms with Crippen LogP contribution in [0.5, 0.6) is 0 Å². The van der Waals surface area contributed by atoms with E-state index in [0.29, 0.717) is 43.6 Å². The summed E-state index contributed by atoms with van der Waals surface area (Å²) in [6.45, 7) is 4.61. The SMILES string of the molecule is CCNc1cc([C@@H](C)NS(=O)(=O)CCCCCN2CC(=O)NC2=O)ccc1F. The van der Waals surface area contributed by atoms with Gasteiger partial charge < -0.3 is 10.2 Å². The Hall–Kier alpha value is -2.20. The van der Waals surface area contributed by atoms with Gasteiger partial charge in [0.25, 0.3) is 0 Å². The number of nitrogens with zero attached hydrogens (tertiary/aromatic N) is 1. The van der Waals surface area contributed by atoms with Gasteiger partial charge in [0.1, 0.15) is 12.4 Å². The highest BCUT2D eigenvalue weighted by Crippen LogP contribution is 2.21. The van der Waals surface area contributed by atoms with E-state index in [4.69, 9.17) is 0 Å². The smallest absolute Gasteiger partial charge is 0.324 e. The second kappa shape index (κ2) is 9.83. The number of hydrogen-bond acceptors (Lipinski definition) is 5. The molecular weight excluding hydrogens is 387 g/mol. The zero-order valence-corrected chi connectivity index (χ0v) is 16.9. The molecule has 1 heterocycles. The first-order valence-electron chi connectivity index (χ1n) is 9.34. The average Bonchev–Trinajstić information content (AvgIpc) is 2.93. The minimum Gasteiger partial charge on any atom is -0.383 e. The lowest BCUT2D eigenvalue weighted by Gasteiger charge is -2.16. The third kappa shape index (κ3) is 6.45. The van der Waals surface area contributed by atoms with Crippen molar-refractivity contribution >= 4 is 27.6 Å². The second-order valence-corrected chi connectivity index (χ2v) is 8.64. The minimum atomic E-state index is -3.49. The van der Waals surface area contributed by atoms with Crippen LogP contribution in [0.1, 0.15) is 44.7 Å². The molecule has 0 bridgehead atoms. The molecule has 0 unspecified atom stereocenters. The molecule has 28 heavy (non-hydrogen) atoms. The number of carbonyl (C=O) groups is 2. The Labute approximate surface area is 164 Å². The van der Waals surface area contributed by atoms with E-state index in [1.807, 2.05) is 6.92 Å².